The van der Waals surface area contributed by atoms with E-state index in [4.69, 9.17) is 0 Å². The van der Waals surface area contributed by atoms with Gasteiger partial charge in [-0.25, -0.2) is 0 Å². The molecule has 1 N–H and O–H groups in total. The van der Waals surface area contributed by atoms with Crippen molar-refractivity contribution in [2.24, 2.45) is 0 Å². The zero-order valence-corrected chi connectivity index (χ0v) is 12.8. The number of nitrogens with zero attached hydrogens (tertiary/aromatic N) is 2. The summed E-state index contributed by atoms with van der Waals surface area (Å²) in [6.07, 6.45) is 4.93. The van der Waals surface area contributed by atoms with Crippen LogP contribution in [0.5, 0.6) is 0 Å². The van der Waals surface area contributed by atoms with Crippen LogP contribution in [-0.4, -0.2) is 16.3 Å². The van der Waals surface area contributed by atoms with Crippen LogP contribution in [0.1, 0.15) is 11.3 Å². The summed E-state index contributed by atoms with van der Waals surface area (Å²) in [7, 11) is 0. The highest BCUT2D eigenvalue weighted by Gasteiger charge is 2.03. The first-order chi connectivity index (χ1) is 9.92. The average Bonchev–Trinajstić information content (AvgIpc) is 3.21. The van der Waals surface area contributed by atoms with Gasteiger partial charge < -0.3 is 5.32 Å². The van der Waals surface area contributed by atoms with Crippen LogP contribution in [0.4, 0.5) is 0 Å². The number of thiophene rings is 2. The minimum absolute atomic E-state index is 0.954. The summed E-state index contributed by atoms with van der Waals surface area (Å²) in [4.78, 5) is 2.75. The van der Waals surface area contributed by atoms with E-state index >= 15 is 0 Å². The largest absolute Gasteiger partial charge is 0.312 e. The predicted molar refractivity (Wildman–Crippen MR) is 86.2 cm³/mol. The van der Waals surface area contributed by atoms with E-state index in [-0.39, 0.29) is 0 Å². The van der Waals surface area contributed by atoms with Gasteiger partial charge in [-0.2, -0.15) is 5.10 Å². The summed E-state index contributed by atoms with van der Waals surface area (Å²) < 4.78 is 1.97. The molecule has 0 aliphatic heterocycles. The summed E-state index contributed by atoms with van der Waals surface area (Å²) >= 11 is 3.63. The van der Waals surface area contributed by atoms with E-state index in [1.165, 1.54) is 15.3 Å². The molecule has 0 aliphatic carbocycles. The molecule has 3 aromatic rings. The van der Waals surface area contributed by atoms with Gasteiger partial charge in [-0.1, -0.05) is 6.07 Å². The zero-order chi connectivity index (χ0) is 13.6. The highest BCUT2D eigenvalue weighted by Crippen LogP contribution is 2.29. The first-order valence-corrected chi connectivity index (χ1v) is 8.47. The third kappa shape index (κ3) is 3.56. The van der Waals surface area contributed by atoms with Gasteiger partial charge in [-0.05, 0) is 41.9 Å². The summed E-state index contributed by atoms with van der Waals surface area (Å²) in [6, 6.07) is 8.53. The maximum absolute atomic E-state index is 4.20. The lowest BCUT2D eigenvalue weighted by Crippen LogP contribution is -2.16. The van der Waals surface area contributed by atoms with E-state index in [1.807, 2.05) is 34.5 Å². The molecule has 20 heavy (non-hydrogen) atoms. The van der Waals surface area contributed by atoms with Crippen LogP contribution in [-0.2, 0) is 13.1 Å². The molecule has 0 spiro atoms. The smallest absolute Gasteiger partial charge is 0.0489 e. The first kappa shape index (κ1) is 13.5. The van der Waals surface area contributed by atoms with Crippen LogP contribution in [0.3, 0.4) is 0 Å². The van der Waals surface area contributed by atoms with Gasteiger partial charge in [0.05, 0.1) is 0 Å². The molecule has 0 saturated carbocycles. The van der Waals surface area contributed by atoms with Gasteiger partial charge >= 0.3 is 0 Å². The van der Waals surface area contributed by atoms with Crippen molar-refractivity contribution in [1.82, 2.24) is 15.1 Å². The molecule has 0 aromatic carbocycles. The Morgan fingerprint density at radius 2 is 2.25 bits per heavy atom. The molecule has 0 saturated heterocycles. The van der Waals surface area contributed by atoms with Gasteiger partial charge in [0, 0.05) is 40.8 Å². The lowest BCUT2D eigenvalue weighted by atomic mass is 10.2. The molecule has 0 aliphatic rings. The van der Waals surface area contributed by atoms with Crippen LogP contribution < -0.4 is 5.32 Å². The Labute approximate surface area is 126 Å². The summed E-state index contributed by atoms with van der Waals surface area (Å²) in [5.41, 5.74) is 1.35. The third-order valence-electron chi connectivity index (χ3n) is 3.06. The van der Waals surface area contributed by atoms with Gasteiger partial charge in [0.15, 0.2) is 0 Å². The fraction of sp³-hybridized carbons (Fsp3) is 0.267. The van der Waals surface area contributed by atoms with Crippen molar-refractivity contribution in [3.8, 4) is 10.4 Å². The Hall–Kier alpha value is -1.43. The molecule has 0 amide bonds. The van der Waals surface area contributed by atoms with E-state index in [0.717, 1.165) is 26.1 Å². The van der Waals surface area contributed by atoms with Crippen molar-refractivity contribution in [3.63, 3.8) is 0 Å². The van der Waals surface area contributed by atoms with Crippen molar-refractivity contribution in [2.75, 3.05) is 6.54 Å². The van der Waals surface area contributed by atoms with Crippen molar-refractivity contribution in [1.29, 1.82) is 0 Å². The second-order valence-corrected chi connectivity index (χ2v) is 6.52. The maximum Gasteiger partial charge on any atom is 0.0489 e. The van der Waals surface area contributed by atoms with Crippen LogP contribution in [0.15, 0.2) is 47.4 Å². The Balaban J connectivity index is 1.40. The molecule has 0 radical (unpaired) electrons. The molecular formula is C15H17N3S2. The standard InChI is InChI=1S/C15H17N3S2/c1-4-15(19-9-1)13-10-14(20-12-13)11-16-5-2-7-18-8-3-6-17-18/h1,3-4,6,8-10,12,16H,2,5,7,11H2. The Morgan fingerprint density at radius 1 is 1.25 bits per heavy atom. The second-order valence-electron chi connectivity index (χ2n) is 4.58. The SMILES string of the molecule is c1csc(-c2csc(CNCCCn3cccn3)c2)c1. The van der Waals surface area contributed by atoms with Crippen LogP contribution in [0, 0.1) is 0 Å². The van der Waals surface area contributed by atoms with Crippen molar-refractivity contribution in [3.05, 3.63) is 52.3 Å². The summed E-state index contributed by atoms with van der Waals surface area (Å²) in [6.45, 7) is 2.95. The monoisotopic (exact) mass is 303 g/mol. The number of aromatic nitrogens is 2. The van der Waals surface area contributed by atoms with E-state index in [9.17, 15) is 0 Å². The lowest BCUT2D eigenvalue weighted by Gasteiger charge is -2.03. The van der Waals surface area contributed by atoms with Gasteiger partial charge in [-0.3, -0.25) is 4.68 Å². The van der Waals surface area contributed by atoms with E-state index in [2.05, 4.69) is 39.4 Å². The minimum atomic E-state index is 0.954. The Kier molecular flexibility index (Phi) is 4.63. The molecule has 5 heteroatoms. The fourth-order valence-corrected chi connectivity index (χ4v) is 3.70. The first-order valence-electron chi connectivity index (χ1n) is 6.71. The molecule has 3 rings (SSSR count). The number of aryl methyl sites for hydroxylation is 1. The van der Waals surface area contributed by atoms with Crippen LogP contribution >= 0.6 is 22.7 Å². The topological polar surface area (TPSA) is 29.9 Å². The minimum Gasteiger partial charge on any atom is -0.312 e. The summed E-state index contributed by atoms with van der Waals surface area (Å²) in [5, 5.41) is 12.1. The normalized spacial score (nSPS) is 11.0. The lowest BCUT2D eigenvalue weighted by molar-refractivity contribution is 0.544. The van der Waals surface area contributed by atoms with E-state index < -0.39 is 0 Å². The molecule has 0 unspecified atom stereocenters. The number of hydrogen-bond donors (Lipinski definition) is 1. The van der Waals surface area contributed by atoms with Crippen LogP contribution in [0.2, 0.25) is 0 Å². The highest BCUT2D eigenvalue weighted by atomic mass is 32.1. The van der Waals surface area contributed by atoms with Gasteiger partial charge in [0.25, 0.3) is 0 Å². The quantitative estimate of drug-likeness (QED) is 0.672. The molecule has 3 heterocycles. The number of hydrogen-bond acceptors (Lipinski definition) is 4. The third-order valence-corrected chi connectivity index (χ3v) is 4.91. The molecular weight excluding hydrogens is 286 g/mol. The number of nitrogens with one attached hydrogen (secondary N) is 1. The Morgan fingerprint density at radius 3 is 3.05 bits per heavy atom. The van der Waals surface area contributed by atoms with Gasteiger partial charge in [0.1, 0.15) is 0 Å². The maximum atomic E-state index is 4.20. The van der Waals surface area contributed by atoms with Gasteiger partial charge in [0.2, 0.25) is 0 Å². The molecule has 3 nitrogen and oxygen atoms in total. The Bertz CT molecular complexity index is 611. The molecule has 0 bridgehead atoms. The average molecular weight is 303 g/mol. The highest BCUT2D eigenvalue weighted by molar-refractivity contribution is 7.14. The molecule has 0 fully saturated rings. The number of rotatable bonds is 7. The molecule has 3 aromatic heterocycles. The fourth-order valence-electron chi connectivity index (χ4n) is 2.06. The van der Waals surface area contributed by atoms with Crippen molar-refractivity contribution in [2.45, 2.75) is 19.5 Å². The van der Waals surface area contributed by atoms with Gasteiger partial charge in [-0.15, -0.1) is 22.7 Å². The van der Waals surface area contributed by atoms with Crippen molar-refractivity contribution >= 4 is 22.7 Å². The van der Waals surface area contributed by atoms with E-state index in [1.54, 1.807) is 11.3 Å². The zero-order valence-electron chi connectivity index (χ0n) is 11.2. The van der Waals surface area contributed by atoms with Crippen LogP contribution in [0.25, 0.3) is 10.4 Å². The summed E-state index contributed by atoms with van der Waals surface area (Å²) in [5.74, 6) is 0. The second kappa shape index (κ2) is 6.83. The van der Waals surface area contributed by atoms with E-state index in [0.29, 0.717) is 0 Å². The molecule has 0 atom stereocenters. The van der Waals surface area contributed by atoms with Crippen molar-refractivity contribution < 1.29 is 0 Å². The molecule has 104 valence electrons. The predicted octanol–water partition coefficient (Wildman–Crippen LogP) is 3.85.